The zero-order valence-electron chi connectivity index (χ0n) is 15.8. The van der Waals surface area contributed by atoms with Crippen molar-refractivity contribution in [3.05, 3.63) is 35.9 Å². The largest absolute Gasteiger partial charge is 0.444 e. The molecular weight excluding hydrogens is 330 g/mol. The van der Waals surface area contributed by atoms with Crippen molar-refractivity contribution < 1.29 is 14.3 Å². The average molecular weight is 357 g/mol. The summed E-state index contributed by atoms with van der Waals surface area (Å²) in [4.78, 5) is 23.9. The number of rotatable bonds is 5. The Kier molecular flexibility index (Phi) is 6.08. The van der Waals surface area contributed by atoms with Crippen LogP contribution in [0.15, 0.2) is 30.3 Å². The van der Waals surface area contributed by atoms with E-state index < -0.39 is 11.7 Å². The molecule has 2 aromatic rings. The number of carbonyl (C=O) groups excluding carboxylic acids is 2. The first-order valence-corrected chi connectivity index (χ1v) is 8.78. The van der Waals surface area contributed by atoms with E-state index >= 15 is 0 Å². The van der Waals surface area contributed by atoms with Crippen molar-refractivity contribution >= 4 is 34.1 Å². The fourth-order valence-corrected chi connectivity index (χ4v) is 2.67. The standard InChI is InChI=1S/C20H27N3O3/c1-5-8-18(24)22-12-15-13-9-6-7-10-14(13)17(11-16(15)21)23-19(25)26-20(2,3)4/h6-7,9-11H,5,8,12,21H2,1-4H3,(H,22,24)(H,23,25). The summed E-state index contributed by atoms with van der Waals surface area (Å²) in [7, 11) is 0. The van der Waals surface area contributed by atoms with E-state index in [-0.39, 0.29) is 5.91 Å². The number of hydrogen-bond acceptors (Lipinski definition) is 4. The molecule has 140 valence electrons. The summed E-state index contributed by atoms with van der Waals surface area (Å²) < 4.78 is 5.32. The fourth-order valence-electron chi connectivity index (χ4n) is 2.67. The molecule has 26 heavy (non-hydrogen) atoms. The molecule has 0 atom stereocenters. The first-order valence-electron chi connectivity index (χ1n) is 8.78. The van der Waals surface area contributed by atoms with Crippen LogP contribution in [-0.2, 0) is 16.1 Å². The minimum Gasteiger partial charge on any atom is -0.444 e. The molecule has 0 spiro atoms. The number of ether oxygens (including phenoxy) is 1. The molecule has 4 N–H and O–H groups in total. The van der Waals surface area contributed by atoms with Gasteiger partial charge in [-0.05, 0) is 38.6 Å². The first kappa shape index (κ1) is 19.6. The zero-order chi connectivity index (χ0) is 19.3. The van der Waals surface area contributed by atoms with E-state index in [2.05, 4.69) is 10.6 Å². The van der Waals surface area contributed by atoms with Crippen molar-refractivity contribution in [1.29, 1.82) is 0 Å². The summed E-state index contributed by atoms with van der Waals surface area (Å²) in [6.45, 7) is 7.72. The normalized spacial score (nSPS) is 11.2. The number of fused-ring (bicyclic) bond motifs is 1. The summed E-state index contributed by atoms with van der Waals surface area (Å²) in [5.74, 6) is -0.00747. The first-order chi connectivity index (χ1) is 12.2. The number of nitrogens with two attached hydrogens (primary N) is 1. The summed E-state index contributed by atoms with van der Waals surface area (Å²) >= 11 is 0. The second-order valence-electron chi connectivity index (χ2n) is 7.19. The molecule has 0 fully saturated rings. The molecule has 0 aromatic heterocycles. The lowest BCUT2D eigenvalue weighted by Crippen LogP contribution is -2.27. The molecule has 0 aliphatic rings. The molecule has 0 aliphatic carbocycles. The van der Waals surface area contributed by atoms with Crippen LogP contribution in [0.25, 0.3) is 10.8 Å². The van der Waals surface area contributed by atoms with Crippen LogP contribution in [0.4, 0.5) is 16.2 Å². The minimum atomic E-state index is -0.588. The second kappa shape index (κ2) is 8.08. The highest BCUT2D eigenvalue weighted by atomic mass is 16.6. The van der Waals surface area contributed by atoms with E-state index in [0.29, 0.717) is 24.3 Å². The Labute approximate surface area is 154 Å². The Morgan fingerprint density at radius 1 is 1.15 bits per heavy atom. The van der Waals surface area contributed by atoms with E-state index in [1.54, 1.807) is 26.8 Å². The molecule has 6 heteroatoms. The van der Waals surface area contributed by atoms with Gasteiger partial charge in [0.25, 0.3) is 0 Å². The summed E-state index contributed by atoms with van der Waals surface area (Å²) in [6.07, 6.45) is 0.739. The molecule has 2 amide bonds. The van der Waals surface area contributed by atoms with Crippen LogP contribution in [0.5, 0.6) is 0 Å². The maximum Gasteiger partial charge on any atom is 0.412 e. The molecule has 0 radical (unpaired) electrons. The number of benzene rings is 2. The van der Waals surface area contributed by atoms with Crippen LogP contribution in [0.3, 0.4) is 0 Å². The third kappa shape index (κ3) is 5.12. The number of nitrogens with one attached hydrogen (secondary N) is 2. The van der Waals surface area contributed by atoms with Crippen molar-refractivity contribution in [3.63, 3.8) is 0 Å². The van der Waals surface area contributed by atoms with Crippen LogP contribution in [0.2, 0.25) is 0 Å². The second-order valence-corrected chi connectivity index (χ2v) is 7.19. The van der Waals surface area contributed by atoms with E-state index in [0.717, 1.165) is 22.8 Å². The van der Waals surface area contributed by atoms with Crippen molar-refractivity contribution in [3.8, 4) is 0 Å². The molecule has 0 heterocycles. The van der Waals surface area contributed by atoms with E-state index in [4.69, 9.17) is 10.5 Å². The summed E-state index contributed by atoms with van der Waals surface area (Å²) in [6, 6.07) is 9.31. The highest BCUT2D eigenvalue weighted by molar-refractivity contribution is 6.04. The van der Waals surface area contributed by atoms with Crippen molar-refractivity contribution in [2.24, 2.45) is 0 Å². The van der Waals surface area contributed by atoms with Gasteiger partial charge in [0.2, 0.25) is 5.91 Å². The predicted octanol–water partition coefficient (Wildman–Crippen LogP) is 4.19. The Morgan fingerprint density at radius 3 is 2.42 bits per heavy atom. The van der Waals surface area contributed by atoms with Crippen LogP contribution < -0.4 is 16.4 Å². The smallest absolute Gasteiger partial charge is 0.412 e. The summed E-state index contributed by atoms with van der Waals surface area (Å²) in [5.41, 5.74) is 7.54. The van der Waals surface area contributed by atoms with Gasteiger partial charge in [-0.3, -0.25) is 10.1 Å². The maximum absolute atomic E-state index is 12.1. The minimum absolute atomic E-state index is 0.00747. The van der Waals surface area contributed by atoms with Gasteiger partial charge in [0, 0.05) is 29.6 Å². The van der Waals surface area contributed by atoms with Gasteiger partial charge in [0.1, 0.15) is 5.60 Å². The van der Waals surface area contributed by atoms with Crippen molar-refractivity contribution in [1.82, 2.24) is 5.32 Å². The Hall–Kier alpha value is -2.76. The van der Waals surface area contributed by atoms with E-state index in [9.17, 15) is 9.59 Å². The van der Waals surface area contributed by atoms with Crippen LogP contribution in [0.1, 0.15) is 46.1 Å². The highest BCUT2D eigenvalue weighted by Crippen LogP contribution is 2.32. The molecule has 0 aliphatic heterocycles. The zero-order valence-corrected chi connectivity index (χ0v) is 15.8. The van der Waals surface area contributed by atoms with Gasteiger partial charge < -0.3 is 15.8 Å². The third-order valence-electron chi connectivity index (χ3n) is 3.77. The SMILES string of the molecule is CCCC(=O)NCc1c(N)cc(NC(=O)OC(C)(C)C)c2ccccc12. The monoisotopic (exact) mass is 357 g/mol. The van der Waals surface area contributed by atoms with Gasteiger partial charge in [-0.2, -0.15) is 0 Å². The van der Waals surface area contributed by atoms with Gasteiger partial charge in [0.15, 0.2) is 0 Å². The molecule has 0 saturated heterocycles. The molecule has 0 saturated carbocycles. The van der Waals surface area contributed by atoms with Crippen LogP contribution in [0, 0.1) is 0 Å². The van der Waals surface area contributed by atoms with Crippen molar-refractivity contribution in [2.45, 2.75) is 52.7 Å². The van der Waals surface area contributed by atoms with Crippen molar-refractivity contribution in [2.75, 3.05) is 11.1 Å². The number of hydrogen-bond donors (Lipinski definition) is 3. The molecule has 2 rings (SSSR count). The van der Waals surface area contributed by atoms with Gasteiger partial charge in [-0.1, -0.05) is 31.2 Å². The quantitative estimate of drug-likeness (QED) is 0.700. The lowest BCUT2D eigenvalue weighted by atomic mass is 10.0. The average Bonchev–Trinajstić information content (AvgIpc) is 2.53. The number of amides is 2. The van der Waals surface area contributed by atoms with Gasteiger partial charge >= 0.3 is 6.09 Å². The Bertz CT molecular complexity index is 810. The Morgan fingerprint density at radius 2 is 1.81 bits per heavy atom. The number of carbonyl (C=O) groups is 2. The number of nitrogen functional groups attached to an aromatic ring is 1. The number of anilines is 2. The fraction of sp³-hybridized carbons (Fsp3) is 0.400. The topological polar surface area (TPSA) is 93.5 Å². The molecular formula is C20H27N3O3. The Balaban J connectivity index is 2.33. The molecule has 0 unspecified atom stereocenters. The van der Waals surface area contributed by atoms with Gasteiger partial charge in [-0.15, -0.1) is 0 Å². The third-order valence-corrected chi connectivity index (χ3v) is 3.77. The maximum atomic E-state index is 12.1. The predicted molar refractivity (Wildman–Crippen MR) is 105 cm³/mol. The summed E-state index contributed by atoms with van der Waals surface area (Å²) in [5, 5.41) is 7.38. The van der Waals surface area contributed by atoms with Crippen LogP contribution in [-0.4, -0.2) is 17.6 Å². The van der Waals surface area contributed by atoms with Gasteiger partial charge in [-0.25, -0.2) is 4.79 Å². The lowest BCUT2D eigenvalue weighted by molar-refractivity contribution is -0.121. The van der Waals surface area contributed by atoms with Crippen LogP contribution >= 0.6 is 0 Å². The van der Waals surface area contributed by atoms with E-state index in [1.165, 1.54) is 0 Å². The highest BCUT2D eigenvalue weighted by Gasteiger charge is 2.18. The molecule has 2 aromatic carbocycles. The van der Waals surface area contributed by atoms with Gasteiger partial charge in [0.05, 0.1) is 5.69 Å². The molecule has 6 nitrogen and oxygen atoms in total. The van der Waals surface area contributed by atoms with E-state index in [1.807, 2.05) is 31.2 Å². The molecule has 0 bridgehead atoms. The lowest BCUT2D eigenvalue weighted by Gasteiger charge is -2.21.